The molecule has 0 spiro atoms. The zero-order valence-electron chi connectivity index (χ0n) is 22.1. The van der Waals surface area contributed by atoms with E-state index in [9.17, 15) is 14.7 Å². The van der Waals surface area contributed by atoms with Gasteiger partial charge in [-0.3, -0.25) is 9.59 Å². The first-order chi connectivity index (χ1) is 16.4. The maximum atomic E-state index is 13.1. The van der Waals surface area contributed by atoms with E-state index in [1.54, 1.807) is 7.11 Å². The van der Waals surface area contributed by atoms with E-state index < -0.39 is 42.8 Å². The van der Waals surface area contributed by atoms with E-state index in [4.69, 9.17) is 14.0 Å². The number of rotatable bonds is 9. The highest BCUT2D eigenvalue weighted by atomic mass is 16.7. The van der Waals surface area contributed by atoms with Crippen LogP contribution in [0, 0.1) is 11.8 Å². The molecule has 2 aliphatic rings. The molecule has 2 amide bonds. The SMILES string of the molecule is COc1ccc2c(c1)CCC(C(=O)NC(CO)C(=O)NC(CC(C)C)B1OC(C)(C)C(C)(C)O1)C2. The predicted octanol–water partition coefficient (Wildman–Crippen LogP) is 2.44. The average molecular weight is 488 g/mol. The number of carbonyl (C=O) groups is 2. The molecule has 8 nitrogen and oxygen atoms in total. The molecule has 3 unspecified atom stereocenters. The van der Waals surface area contributed by atoms with Crippen molar-refractivity contribution in [2.75, 3.05) is 13.7 Å². The van der Waals surface area contributed by atoms with Crippen LogP contribution in [0.2, 0.25) is 0 Å². The van der Waals surface area contributed by atoms with Crippen LogP contribution in [0.25, 0.3) is 0 Å². The van der Waals surface area contributed by atoms with Gasteiger partial charge >= 0.3 is 7.12 Å². The van der Waals surface area contributed by atoms with Crippen LogP contribution in [-0.4, -0.2) is 60.9 Å². The number of amides is 2. The predicted molar refractivity (Wildman–Crippen MR) is 135 cm³/mol. The van der Waals surface area contributed by atoms with E-state index in [1.807, 2.05) is 45.9 Å². The molecule has 3 atom stereocenters. The van der Waals surface area contributed by atoms with Crippen LogP contribution in [0.15, 0.2) is 18.2 Å². The van der Waals surface area contributed by atoms with Gasteiger partial charge in [-0.2, -0.15) is 0 Å². The number of aliphatic hydroxyl groups excluding tert-OH is 1. The van der Waals surface area contributed by atoms with Crippen LogP contribution in [0.5, 0.6) is 5.75 Å². The number of aliphatic hydroxyl groups is 1. The number of nitrogens with one attached hydrogen (secondary N) is 2. The number of benzene rings is 1. The third-order valence-electron chi connectivity index (χ3n) is 7.48. The van der Waals surface area contributed by atoms with Gasteiger partial charge in [0.05, 0.1) is 30.9 Å². The summed E-state index contributed by atoms with van der Waals surface area (Å²) < 4.78 is 17.6. The van der Waals surface area contributed by atoms with Crippen LogP contribution in [0.1, 0.15) is 65.5 Å². The fourth-order valence-electron chi connectivity index (χ4n) is 4.65. The normalized spacial score (nSPS) is 22.3. The molecule has 0 aromatic heterocycles. The van der Waals surface area contributed by atoms with E-state index >= 15 is 0 Å². The van der Waals surface area contributed by atoms with Crippen LogP contribution in [-0.2, 0) is 31.7 Å². The first kappa shape index (κ1) is 27.5. The molecule has 0 bridgehead atoms. The highest BCUT2D eigenvalue weighted by Crippen LogP contribution is 2.38. The Labute approximate surface area is 209 Å². The Balaban J connectivity index is 1.64. The van der Waals surface area contributed by atoms with Crippen molar-refractivity contribution in [2.45, 2.75) is 90.4 Å². The van der Waals surface area contributed by atoms with Crippen LogP contribution in [0.4, 0.5) is 0 Å². The summed E-state index contributed by atoms with van der Waals surface area (Å²) in [5, 5.41) is 15.7. The van der Waals surface area contributed by atoms with E-state index in [0.717, 1.165) is 17.7 Å². The minimum atomic E-state index is -1.04. The first-order valence-corrected chi connectivity index (χ1v) is 12.6. The van der Waals surface area contributed by atoms with Gasteiger partial charge in [-0.25, -0.2) is 0 Å². The van der Waals surface area contributed by atoms with E-state index in [0.29, 0.717) is 19.3 Å². The highest BCUT2D eigenvalue weighted by Gasteiger charge is 2.54. The van der Waals surface area contributed by atoms with Gasteiger partial charge in [0.25, 0.3) is 0 Å². The molecule has 1 fully saturated rings. The van der Waals surface area contributed by atoms with E-state index in [1.165, 1.54) is 5.56 Å². The minimum absolute atomic E-state index is 0.225. The van der Waals surface area contributed by atoms with Crippen molar-refractivity contribution in [3.8, 4) is 5.75 Å². The summed E-state index contributed by atoms with van der Waals surface area (Å²) in [4.78, 5) is 26.1. The quantitative estimate of drug-likeness (QED) is 0.461. The lowest BCUT2D eigenvalue weighted by Crippen LogP contribution is -2.56. The van der Waals surface area contributed by atoms with E-state index in [-0.39, 0.29) is 17.7 Å². The molecule has 0 radical (unpaired) electrons. The van der Waals surface area contributed by atoms with Gasteiger partial charge in [0.15, 0.2) is 0 Å². The number of fused-ring (bicyclic) bond motifs is 1. The Morgan fingerprint density at radius 2 is 1.80 bits per heavy atom. The molecule has 3 N–H and O–H groups in total. The summed E-state index contributed by atoms with van der Waals surface area (Å²) in [6.45, 7) is 11.5. The van der Waals surface area contributed by atoms with Crippen LogP contribution < -0.4 is 15.4 Å². The van der Waals surface area contributed by atoms with Gasteiger partial charge in [-0.05, 0) is 82.6 Å². The van der Waals surface area contributed by atoms with Crippen molar-refractivity contribution in [1.82, 2.24) is 10.6 Å². The Bertz CT molecular complexity index is 903. The number of ether oxygens (including phenoxy) is 1. The maximum absolute atomic E-state index is 13.1. The minimum Gasteiger partial charge on any atom is -0.497 e. The summed E-state index contributed by atoms with van der Waals surface area (Å²) in [6, 6.07) is 4.85. The van der Waals surface area contributed by atoms with Crippen LogP contribution >= 0.6 is 0 Å². The van der Waals surface area contributed by atoms with Gasteiger partial charge in [0.1, 0.15) is 11.8 Å². The van der Waals surface area contributed by atoms with Gasteiger partial charge in [0.2, 0.25) is 11.8 Å². The molecule has 35 heavy (non-hydrogen) atoms. The molecule has 1 saturated heterocycles. The van der Waals surface area contributed by atoms with Crippen molar-refractivity contribution in [1.29, 1.82) is 0 Å². The number of aryl methyl sites for hydroxylation is 1. The number of methoxy groups -OCH3 is 1. The van der Waals surface area contributed by atoms with Crippen LogP contribution in [0.3, 0.4) is 0 Å². The van der Waals surface area contributed by atoms with E-state index in [2.05, 4.69) is 24.5 Å². The second-order valence-electron chi connectivity index (χ2n) is 11.2. The number of hydrogen-bond donors (Lipinski definition) is 3. The summed E-state index contributed by atoms with van der Waals surface area (Å²) >= 11 is 0. The Morgan fingerprint density at radius 3 is 2.37 bits per heavy atom. The standard InChI is InChI=1S/C26H41BN2O6/c1-16(2)12-22(27-34-25(3,4)26(5,6)35-27)29-24(32)21(15-30)28-23(31)19-9-8-18-14-20(33-7)11-10-17(18)13-19/h10-11,14,16,19,21-22,30H,8-9,12-13,15H2,1-7H3,(H,28,31)(H,29,32). The maximum Gasteiger partial charge on any atom is 0.481 e. The topological polar surface area (TPSA) is 106 Å². The second-order valence-corrected chi connectivity index (χ2v) is 11.2. The second kappa shape index (κ2) is 10.9. The van der Waals surface area contributed by atoms with Crippen molar-refractivity contribution < 1.29 is 28.7 Å². The Hall–Kier alpha value is -2.10. The average Bonchev–Trinajstić information content (AvgIpc) is 3.02. The van der Waals surface area contributed by atoms with Gasteiger partial charge in [0, 0.05) is 5.92 Å². The van der Waals surface area contributed by atoms with Crippen molar-refractivity contribution in [2.24, 2.45) is 11.8 Å². The summed E-state index contributed by atoms with van der Waals surface area (Å²) in [7, 11) is 1.02. The largest absolute Gasteiger partial charge is 0.497 e. The van der Waals surface area contributed by atoms with Gasteiger partial charge < -0.3 is 29.8 Å². The van der Waals surface area contributed by atoms with Crippen molar-refractivity contribution in [3.63, 3.8) is 0 Å². The number of hydrogen-bond acceptors (Lipinski definition) is 6. The lowest BCUT2D eigenvalue weighted by molar-refractivity contribution is -0.132. The zero-order chi connectivity index (χ0) is 26.0. The Kier molecular flexibility index (Phi) is 8.55. The monoisotopic (exact) mass is 488 g/mol. The van der Waals surface area contributed by atoms with Crippen molar-refractivity contribution in [3.05, 3.63) is 29.3 Å². The fraction of sp³-hybridized carbons (Fsp3) is 0.692. The van der Waals surface area contributed by atoms with Crippen molar-refractivity contribution >= 4 is 18.9 Å². The molecule has 1 aliphatic carbocycles. The Morgan fingerprint density at radius 1 is 1.14 bits per heavy atom. The summed E-state index contributed by atoms with van der Waals surface area (Å²) in [5.74, 6) is -0.249. The molecule has 0 saturated carbocycles. The molecule has 1 aromatic carbocycles. The molecule has 1 aromatic rings. The first-order valence-electron chi connectivity index (χ1n) is 12.6. The number of carbonyl (C=O) groups excluding carboxylic acids is 2. The summed E-state index contributed by atoms with van der Waals surface area (Å²) in [6.07, 6.45) is 2.67. The lowest BCUT2D eigenvalue weighted by atomic mass is 9.74. The molecule has 1 aliphatic heterocycles. The smallest absolute Gasteiger partial charge is 0.481 e. The molecule has 3 rings (SSSR count). The van der Waals surface area contributed by atoms with Gasteiger partial charge in [-0.15, -0.1) is 0 Å². The molecule has 194 valence electrons. The molecule has 9 heteroatoms. The zero-order valence-corrected chi connectivity index (χ0v) is 22.1. The molecular formula is C26H41BN2O6. The fourth-order valence-corrected chi connectivity index (χ4v) is 4.65. The third kappa shape index (κ3) is 6.37. The highest BCUT2D eigenvalue weighted by molar-refractivity contribution is 6.48. The van der Waals surface area contributed by atoms with Gasteiger partial charge in [-0.1, -0.05) is 19.9 Å². The molecular weight excluding hydrogens is 447 g/mol. The third-order valence-corrected chi connectivity index (χ3v) is 7.48. The lowest BCUT2D eigenvalue weighted by Gasteiger charge is -2.32. The summed E-state index contributed by atoms with van der Waals surface area (Å²) in [5.41, 5.74) is 1.25. The molecule has 1 heterocycles.